The van der Waals surface area contributed by atoms with Crippen molar-refractivity contribution in [1.82, 2.24) is 4.90 Å². The lowest BCUT2D eigenvalue weighted by molar-refractivity contribution is 0.0650. The van der Waals surface area contributed by atoms with Gasteiger partial charge in [0, 0.05) is 37.3 Å². The fourth-order valence-electron chi connectivity index (χ4n) is 4.39. The Bertz CT molecular complexity index is 786. The van der Waals surface area contributed by atoms with E-state index in [0.717, 1.165) is 63.5 Å². The number of anilines is 1. The van der Waals surface area contributed by atoms with Gasteiger partial charge in [0.1, 0.15) is 0 Å². The van der Waals surface area contributed by atoms with Crippen molar-refractivity contribution in [3.8, 4) is 0 Å². The number of hydrogen-bond donors (Lipinski definition) is 0. The zero-order chi connectivity index (χ0) is 18.7. The van der Waals surface area contributed by atoms with Crippen molar-refractivity contribution in [2.24, 2.45) is 0 Å². The zero-order valence-electron chi connectivity index (χ0n) is 16.1. The van der Waals surface area contributed by atoms with Crippen LogP contribution in [-0.2, 0) is 10.2 Å². The van der Waals surface area contributed by atoms with Gasteiger partial charge in [-0.15, -0.1) is 0 Å². The third-order valence-corrected chi connectivity index (χ3v) is 5.94. The van der Waals surface area contributed by atoms with E-state index in [1.54, 1.807) is 0 Å². The molecule has 0 unspecified atom stereocenters. The highest BCUT2D eigenvalue weighted by Gasteiger charge is 2.35. The van der Waals surface area contributed by atoms with E-state index in [1.165, 1.54) is 5.56 Å². The Morgan fingerprint density at radius 3 is 2.44 bits per heavy atom. The number of carbonyl (C=O) groups excluding carboxylic acids is 1. The summed E-state index contributed by atoms with van der Waals surface area (Å²) in [6, 6.07) is 18.6. The quantitative estimate of drug-likeness (QED) is 0.832. The van der Waals surface area contributed by atoms with Gasteiger partial charge in [0.15, 0.2) is 0 Å². The summed E-state index contributed by atoms with van der Waals surface area (Å²) in [5.74, 6) is 0.152. The van der Waals surface area contributed by atoms with E-state index in [9.17, 15) is 4.79 Å². The molecule has 0 aliphatic carbocycles. The predicted octanol–water partition coefficient (Wildman–Crippen LogP) is 3.72. The molecule has 2 saturated heterocycles. The second-order valence-electron chi connectivity index (χ2n) is 7.87. The molecule has 2 heterocycles. The van der Waals surface area contributed by atoms with Crippen LogP contribution >= 0.6 is 0 Å². The van der Waals surface area contributed by atoms with E-state index < -0.39 is 0 Å². The Hall–Kier alpha value is -2.33. The molecule has 0 bridgehead atoms. The van der Waals surface area contributed by atoms with Gasteiger partial charge in [-0.05, 0) is 30.5 Å². The number of rotatable bonds is 3. The van der Waals surface area contributed by atoms with Crippen molar-refractivity contribution < 1.29 is 9.53 Å². The molecule has 0 spiro atoms. The standard InChI is InChI=1S/C23H28N2O2/c1-23(19-8-3-2-4-9-19)12-7-13-25(18-23)22(26)20-10-5-6-11-21(20)24-14-16-27-17-15-24/h2-6,8-11H,7,12-18H2,1H3/t23-/m0/s1. The van der Waals surface area contributed by atoms with Gasteiger partial charge >= 0.3 is 0 Å². The molecule has 2 aliphatic rings. The van der Waals surface area contributed by atoms with Gasteiger partial charge in [-0.25, -0.2) is 0 Å². The van der Waals surface area contributed by atoms with Crippen LogP contribution in [0, 0.1) is 0 Å². The Morgan fingerprint density at radius 2 is 1.67 bits per heavy atom. The number of carbonyl (C=O) groups is 1. The summed E-state index contributed by atoms with van der Waals surface area (Å²) in [6.07, 6.45) is 2.16. The number of likely N-dealkylation sites (tertiary alicyclic amines) is 1. The van der Waals surface area contributed by atoms with Gasteiger partial charge in [-0.3, -0.25) is 4.79 Å². The SMILES string of the molecule is C[C@]1(c2ccccc2)CCCN(C(=O)c2ccccc2N2CCOCC2)C1. The molecule has 2 aliphatic heterocycles. The van der Waals surface area contributed by atoms with E-state index >= 15 is 0 Å². The summed E-state index contributed by atoms with van der Waals surface area (Å²) >= 11 is 0. The summed E-state index contributed by atoms with van der Waals surface area (Å²) in [6.45, 7) is 7.01. The molecule has 1 amide bonds. The summed E-state index contributed by atoms with van der Waals surface area (Å²) in [7, 11) is 0. The monoisotopic (exact) mass is 364 g/mol. The van der Waals surface area contributed by atoms with Crippen LogP contribution in [0.1, 0.15) is 35.7 Å². The van der Waals surface area contributed by atoms with Gasteiger partial charge in [0.2, 0.25) is 0 Å². The fourth-order valence-corrected chi connectivity index (χ4v) is 4.39. The smallest absolute Gasteiger partial charge is 0.255 e. The maximum atomic E-state index is 13.5. The molecule has 0 radical (unpaired) electrons. The average molecular weight is 364 g/mol. The molecular weight excluding hydrogens is 336 g/mol. The largest absolute Gasteiger partial charge is 0.378 e. The normalized spacial score (nSPS) is 23.3. The lowest BCUT2D eigenvalue weighted by Gasteiger charge is -2.41. The number of amides is 1. The highest BCUT2D eigenvalue weighted by atomic mass is 16.5. The number of piperidine rings is 1. The third-order valence-electron chi connectivity index (χ3n) is 5.94. The maximum Gasteiger partial charge on any atom is 0.255 e. The molecule has 142 valence electrons. The number of benzene rings is 2. The number of para-hydroxylation sites is 1. The van der Waals surface area contributed by atoms with Crippen LogP contribution in [0.25, 0.3) is 0 Å². The van der Waals surface area contributed by atoms with Gasteiger partial charge in [-0.1, -0.05) is 49.4 Å². The Balaban J connectivity index is 1.58. The molecule has 0 N–H and O–H groups in total. The third kappa shape index (κ3) is 3.72. The molecule has 0 saturated carbocycles. The van der Waals surface area contributed by atoms with Crippen molar-refractivity contribution in [3.63, 3.8) is 0 Å². The van der Waals surface area contributed by atoms with Crippen molar-refractivity contribution in [2.75, 3.05) is 44.3 Å². The first-order valence-corrected chi connectivity index (χ1v) is 9.94. The van der Waals surface area contributed by atoms with Crippen LogP contribution < -0.4 is 4.90 Å². The van der Waals surface area contributed by atoms with E-state index in [2.05, 4.69) is 53.1 Å². The topological polar surface area (TPSA) is 32.8 Å². The maximum absolute atomic E-state index is 13.5. The van der Waals surface area contributed by atoms with Crippen LogP contribution in [0.4, 0.5) is 5.69 Å². The van der Waals surface area contributed by atoms with Crippen molar-refractivity contribution in [2.45, 2.75) is 25.2 Å². The first-order valence-electron chi connectivity index (χ1n) is 9.94. The van der Waals surface area contributed by atoms with E-state index in [0.29, 0.717) is 0 Å². The molecule has 4 nitrogen and oxygen atoms in total. The summed E-state index contributed by atoms with van der Waals surface area (Å²) in [5.41, 5.74) is 3.20. The fraction of sp³-hybridized carbons (Fsp3) is 0.435. The molecule has 4 heteroatoms. The summed E-state index contributed by atoms with van der Waals surface area (Å²) in [5, 5.41) is 0. The van der Waals surface area contributed by atoms with Gasteiger partial charge in [0.25, 0.3) is 5.91 Å². The Kier molecular flexibility index (Phi) is 5.17. The van der Waals surface area contributed by atoms with Crippen LogP contribution in [-0.4, -0.2) is 50.2 Å². The van der Waals surface area contributed by atoms with Crippen LogP contribution in [0.15, 0.2) is 54.6 Å². The first-order chi connectivity index (χ1) is 13.2. The Morgan fingerprint density at radius 1 is 0.963 bits per heavy atom. The van der Waals surface area contributed by atoms with Crippen LogP contribution in [0.2, 0.25) is 0 Å². The lowest BCUT2D eigenvalue weighted by Crippen LogP contribution is -2.47. The number of nitrogens with zero attached hydrogens (tertiary/aromatic N) is 2. The van der Waals surface area contributed by atoms with Crippen molar-refractivity contribution in [1.29, 1.82) is 0 Å². The first kappa shape index (κ1) is 18.1. The molecular formula is C23H28N2O2. The molecule has 4 rings (SSSR count). The molecule has 2 fully saturated rings. The molecule has 0 aromatic heterocycles. The van der Waals surface area contributed by atoms with E-state index in [4.69, 9.17) is 4.74 Å². The summed E-state index contributed by atoms with van der Waals surface area (Å²) < 4.78 is 5.48. The minimum absolute atomic E-state index is 0.0169. The zero-order valence-corrected chi connectivity index (χ0v) is 16.1. The highest BCUT2D eigenvalue weighted by Crippen LogP contribution is 2.35. The second kappa shape index (κ2) is 7.73. The molecule has 2 aromatic carbocycles. The molecule has 27 heavy (non-hydrogen) atoms. The number of ether oxygens (including phenoxy) is 1. The number of morpholine rings is 1. The Labute approximate surface area is 161 Å². The lowest BCUT2D eigenvalue weighted by atomic mass is 9.76. The van der Waals surface area contributed by atoms with Gasteiger partial charge in [-0.2, -0.15) is 0 Å². The molecule has 1 atom stereocenters. The van der Waals surface area contributed by atoms with Crippen LogP contribution in [0.3, 0.4) is 0 Å². The highest BCUT2D eigenvalue weighted by molar-refractivity contribution is 6.00. The number of hydrogen-bond acceptors (Lipinski definition) is 3. The van der Waals surface area contributed by atoms with E-state index in [-0.39, 0.29) is 11.3 Å². The van der Waals surface area contributed by atoms with Crippen LogP contribution in [0.5, 0.6) is 0 Å². The molecule has 2 aromatic rings. The minimum Gasteiger partial charge on any atom is -0.378 e. The van der Waals surface area contributed by atoms with Gasteiger partial charge < -0.3 is 14.5 Å². The van der Waals surface area contributed by atoms with Gasteiger partial charge in [0.05, 0.1) is 18.8 Å². The minimum atomic E-state index is 0.0169. The van der Waals surface area contributed by atoms with Crippen molar-refractivity contribution in [3.05, 3.63) is 65.7 Å². The van der Waals surface area contributed by atoms with E-state index in [1.807, 2.05) is 18.2 Å². The summed E-state index contributed by atoms with van der Waals surface area (Å²) in [4.78, 5) is 17.8. The second-order valence-corrected chi connectivity index (χ2v) is 7.87. The average Bonchev–Trinajstić information content (AvgIpc) is 2.74. The van der Waals surface area contributed by atoms with Crippen molar-refractivity contribution >= 4 is 11.6 Å². The predicted molar refractivity (Wildman–Crippen MR) is 108 cm³/mol.